The Morgan fingerprint density at radius 3 is 2.52 bits per heavy atom. The van der Waals surface area contributed by atoms with Gasteiger partial charge in [0.15, 0.2) is 0 Å². The van der Waals surface area contributed by atoms with Gasteiger partial charge in [-0.1, -0.05) is 19.9 Å². The summed E-state index contributed by atoms with van der Waals surface area (Å²) < 4.78 is 0. The summed E-state index contributed by atoms with van der Waals surface area (Å²) in [6.45, 7) is 3.81. The molecule has 23 heavy (non-hydrogen) atoms. The Morgan fingerprint density at radius 2 is 1.91 bits per heavy atom. The minimum absolute atomic E-state index is 0.0179. The molecule has 1 amide bonds. The molecule has 0 spiro atoms. The van der Waals surface area contributed by atoms with E-state index in [0.29, 0.717) is 17.7 Å². The molecule has 0 saturated carbocycles. The Labute approximate surface area is 133 Å². The fraction of sp³-hybridized carbons (Fsp3) is 0.235. The number of nitro groups is 1. The van der Waals surface area contributed by atoms with Crippen molar-refractivity contribution in [3.63, 3.8) is 0 Å². The number of aromatic hydroxyl groups is 1. The first-order valence-corrected chi connectivity index (χ1v) is 7.36. The Bertz CT molecular complexity index is 756. The van der Waals surface area contributed by atoms with E-state index in [1.807, 2.05) is 13.8 Å². The summed E-state index contributed by atoms with van der Waals surface area (Å²) >= 11 is 0. The number of hydrogen-bond donors (Lipinski definition) is 2. The number of carbonyl (C=O) groups is 1. The molecule has 120 valence electrons. The number of amides is 1. The van der Waals surface area contributed by atoms with E-state index in [4.69, 9.17) is 0 Å². The van der Waals surface area contributed by atoms with Crippen molar-refractivity contribution in [1.82, 2.24) is 0 Å². The number of carbonyl (C=O) groups excluding carboxylic acids is 1. The van der Waals surface area contributed by atoms with Gasteiger partial charge in [0.1, 0.15) is 5.75 Å². The number of rotatable bonds is 5. The molecular formula is C17H18N2O4. The topological polar surface area (TPSA) is 92.5 Å². The van der Waals surface area contributed by atoms with Gasteiger partial charge < -0.3 is 10.4 Å². The van der Waals surface area contributed by atoms with E-state index >= 15 is 0 Å². The molecule has 0 radical (unpaired) electrons. The monoisotopic (exact) mass is 314 g/mol. The highest BCUT2D eigenvalue weighted by molar-refractivity contribution is 6.06. The summed E-state index contributed by atoms with van der Waals surface area (Å²) in [7, 11) is 0. The zero-order chi connectivity index (χ0) is 17.0. The largest absolute Gasteiger partial charge is 0.507 e. The third-order valence-corrected chi connectivity index (χ3v) is 3.64. The molecule has 0 bridgehead atoms. The lowest BCUT2D eigenvalue weighted by Gasteiger charge is -2.11. The predicted molar refractivity (Wildman–Crippen MR) is 87.9 cm³/mol. The lowest BCUT2D eigenvalue weighted by Crippen LogP contribution is -2.14. The molecule has 6 heteroatoms. The normalized spacial score (nSPS) is 10.3. The number of nitro benzene ring substituents is 1. The lowest BCUT2D eigenvalue weighted by atomic mass is 10.1. The van der Waals surface area contributed by atoms with Crippen LogP contribution in [-0.4, -0.2) is 15.9 Å². The molecule has 0 saturated heterocycles. The number of hydrogen-bond acceptors (Lipinski definition) is 4. The van der Waals surface area contributed by atoms with Crippen molar-refractivity contribution in [1.29, 1.82) is 0 Å². The van der Waals surface area contributed by atoms with E-state index in [-0.39, 0.29) is 17.0 Å². The number of aryl methyl sites for hydroxylation is 2. The molecule has 0 unspecified atom stereocenters. The van der Waals surface area contributed by atoms with Crippen LogP contribution in [-0.2, 0) is 12.8 Å². The summed E-state index contributed by atoms with van der Waals surface area (Å²) in [6, 6.07) is 9.19. The SMILES string of the molecule is CCc1ccc(O)c(C(=O)Nc2ccc([N+](=O)[O-])cc2CC)c1. The summed E-state index contributed by atoms with van der Waals surface area (Å²) in [4.78, 5) is 22.7. The van der Waals surface area contributed by atoms with E-state index in [1.165, 1.54) is 24.3 Å². The molecule has 0 heterocycles. The molecule has 0 aromatic heterocycles. The first kappa shape index (κ1) is 16.5. The highest BCUT2D eigenvalue weighted by Crippen LogP contribution is 2.25. The summed E-state index contributed by atoms with van der Waals surface area (Å²) in [5, 5.41) is 23.4. The second-order valence-corrected chi connectivity index (χ2v) is 5.11. The minimum Gasteiger partial charge on any atom is -0.507 e. The molecular weight excluding hydrogens is 296 g/mol. The van der Waals surface area contributed by atoms with Crippen LogP contribution < -0.4 is 5.32 Å². The lowest BCUT2D eigenvalue weighted by molar-refractivity contribution is -0.384. The van der Waals surface area contributed by atoms with Gasteiger partial charge >= 0.3 is 0 Å². The maximum atomic E-state index is 12.4. The molecule has 6 nitrogen and oxygen atoms in total. The number of phenolic OH excluding ortho intramolecular Hbond substituents is 1. The maximum Gasteiger partial charge on any atom is 0.269 e. The van der Waals surface area contributed by atoms with E-state index in [9.17, 15) is 20.0 Å². The molecule has 2 N–H and O–H groups in total. The first-order valence-electron chi connectivity index (χ1n) is 7.36. The number of anilines is 1. The Morgan fingerprint density at radius 1 is 1.17 bits per heavy atom. The van der Waals surface area contributed by atoms with Crippen LogP contribution in [0.15, 0.2) is 36.4 Å². The molecule has 2 rings (SSSR count). The van der Waals surface area contributed by atoms with Gasteiger partial charge in [0.25, 0.3) is 11.6 Å². The molecule has 2 aromatic rings. The van der Waals surface area contributed by atoms with Crippen LogP contribution in [0, 0.1) is 10.1 Å². The van der Waals surface area contributed by atoms with Gasteiger partial charge in [-0.15, -0.1) is 0 Å². The van der Waals surface area contributed by atoms with Crippen LogP contribution in [0.1, 0.15) is 35.3 Å². The molecule has 0 aliphatic heterocycles. The minimum atomic E-state index is -0.471. The van der Waals surface area contributed by atoms with Crippen molar-refractivity contribution >= 4 is 17.3 Å². The highest BCUT2D eigenvalue weighted by atomic mass is 16.6. The van der Waals surface area contributed by atoms with Crippen molar-refractivity contribution < 1.29 is 14.8 Å². The quantitative estimate of drug-likeness (QED) is 0.650. The Balaban J connectivity index is 2.32. The number of phenols is 1. The number of non-ortho nitro benzene ring substituents is 1. The van der Waals surface area contributed by atoms with Crippen LogP contribution in [0.3, 0.4) is 0 Å². The standard InChI is InChI=1S/C17H18N2O4/c1-3-11-5-8-16(20)14(9-11)17(21)18-15-7-6-13(19(22)23)10-12(15)4-2/h5-10,20H,3-4H2,1-2H3,(H,18,21). The van der Waals surface area contributed by atoms with Gasteiger partial charge in [-0.05, 0) is 42.2 Å². The van der Waals surface area contributed by atoms with Crippen molar-refractivity contribution in [3.8, 4) is 5.75 Å². The molecule has 0 fully saturated rings. The average Bonchev–Trinajstić information content (AvgIpc) is 2.55. The fourth-order valence-electron chi connectivity index (χ4n) is 2.28. The molecule has 0 aliphatic rings. The number of nitrogens with one attached hydrogen (secondary N) is 1. The van der Waals surface area contributed by atoms with Crippen molar-refractivity contribution in [2.24, 2.45) is 0 Å². The summed E-state index contributed by atoms with van der Waals surface area (Å²) in [5.74, 6) is -0.541. The Kier molecular flexibility index (Phi) is 4.95. The van der Waals surface area contributed by atoms with Crippen LogP contribution in [0.2, 0.25) is 0 Å². The smallest absolute Gasteiger partial charge is 0.269 e. The summed E-state index contributed by atoms with van der Waals surface area (Å²) in [5.41, 5.74) is 2.27. The summed E-state index contributed by atoms with van der Waals surface area (Å²) in [6.07, 6.45) is 1.29. The van der Waals surface area contributed by atoms with Crippen molar-refractivity contribution in [3.05, 3.63) is 63.2 Å². The fourth-order valence-corrected chi connectivity index (χ4v) is 2.28. The second kappa shape index (κ2) is 6.91. The third-order valence-electron chi connectivity index (χ3n) is 3.64. The van der Waals surface area contributed by atoms with E-state index in [0.717, 1.165) is 12.0 Å². The average molecular weight is 314 g/mol. The second-order valence-electron chi connectivity index (χ2n) is 5.11. The van der Waals surface area contributed by atoms with Gasteiger partial charge in [0.2, 0.25) is 0 Å². The zero-order valence-corrected chi connectivity index (χ0v) is 13.0. The maximum absolute atomic E-state index is 12.4. The van der Waals surface area contributed by atoms with Crippen LogP contribution in [0.4, 0.5) is 11.4 Å². The predicted octanol–water partition coefficient (Wildman–Crippen LogP) is 3.68. The first-order chi connectivity index (χ1) is 11.0. The highest BCUT2D eigenvalue weighted by Gasteiger charge is 2.15. The van der Waals surface area contributed by atoms with Gasteiger partial charge in [-0.25, -0.2) is 0 Å². The van der Waals surface area contributed by atoms with Crippen molar-refractivity contribution in [2.75, 3.05) is 5.32 Å². The van der Waals surface area contributed by atoms with Gasteiger partial charge in [0, 0.05) is 17.8 Å². The van der Waals surface area contributed by atoms with Crippen LogP contribution in [0.5, 0.6) is 5.75 Å². The van der Waals surface area contributed by atoms with Crippen molar-refractivity contribution in [2.45, 2.75) is 26.7 Å². The van der Waals surface area contributed by atoms with Gasteiger partial charge in [-0.2, -0.15) is 0 Å². The zero-order valence-electron chi connectivity index (χ0n) is 13.0. The Hall–Kier alpha value is -2.89. The van der Waals surface area contributed by atoms with E-state index in [1.54, 1.807) is 12.1 Å². The molecule has 0 aliphatic carbocycles. The van der Waals surface area contributed by atoms with Gasteiger partial charge in [-0.3, -0.25) is 14.9 Å². The van der Waals surface area contributed by atoms with E-state index < -0.39 is 10.8 Å². The van der Waals surface area contributed by atoms with Gasteiger partial charge in [0.05, 0.1) is 10.5 Å². The number of benzene rings is 2. The van der Waals surface area contributed by atoms with Crippen LogP contribution >= 0.6 is 0 Å². The molecule has 2 aromatic carbocycles. The van der Waals surface area contributed by atoms with Crippen LogP contribution in [0.25, 0.3) is 0 Å². The molecule has 0 atom stereocenters. The van der Waals surface area contributed by atoms with E-state index in [2.05, 4.69) is 5.32 Å². The number of nitrogens with zero attached hydrogens (tertiary/aromatic N) is 1. The third kappa shape index (κ3) is 3.66.